The lowest BCUT2D eigenvalue weighted by Gasteiger charge is -2.17. The van der Waals surface area contributed by atoms with Crippen molar-refractivity contribution in [2.24, 2.45) is 0 Å². The molecule has 1 aliphatic rings. The average molecular weight is 265 g/mol. The van der Waals surface area contributed by atoms with Crippen LogP contribution in [0.15, 0.2) is 12.3 Å². The lowest BCUT2D eigenvalue weighted by Crippen LogP contribution is -2.21. The first-order valence-electron chi connectivity index (χ1n) is 6.85. The molecule has 0 saturated carbocycles. The van der Waals surface area contributed by atoms with E-state index in [1.807, 2.05) is 33.8 Å². The van der Waals surface area contributed by atoms with E-state index >= 15 is 0 Å². The van der Waals surface area contributed by atoms with E-state index < -0.39 is 5.79 Å². The van der Waals surface area contributed by atoms with E-state index in [0.717, 1.165) is 29.8 Å². The van der Waals surface area contributed by atoms with Crippen molar-refractivity contribution < 1.29 is 14.2 Å². The molecule has 0 radical (unpaired) electrons. The molecule has 1 aromatic rings. The number of pyridine rings is 1. The average Bonchev–Trinajstić information content (AvgIpc) is 2.69. The number of aromatic nitrogens is 1. The fourth-order valence-electron chi connectivity index (χ4n) is 2.17. The van der Waals surface area contributed by atoms with E-state index in [4.69, 9.17) is 14.2 Å². The maximum atomic E-state index is 5.79. The van der Waals surface area contributed by atoms with Crippen LogP contribution in [0.4, 0.5) is 0 Å². The van der Waals surface area contributed by atoms with Crippen molar-refractivity contribution in [2.45, 2.75) is 52.4 Å². The highest BCUT2D eigenvalue weighted by molar-refractivity contribution is 5.33. The van der Waals surface area contributed by atoms with Gasteiger partial charge in [0.15, 0.2) is 5.79 Å². The van der Waals surface area contributed by atoms with Crippen molar-refractivity contribution in [3.05, 3.63) is 23.5 Å². The van der Waals surface area contributed by atoms with Crippen molar-refractivity contribution >= 4 is 0 Å². The van der Waals surface area contributed by atoms with Crippen molar-refractivity contribution in [1.29, 1.82) is 0 Å². The third-order valence-corrected chi connectivity index (χ3v) is 3.40. The van der Waals surface area contributed by atoms with Crippen molar-refractivity contribution in [3.8, 4) is 5.75 Å². The minimum absolute atomic E-state index is 0.193. The summed E-state index contributed by atoms with van der Waals surface area (Å²) in [6.07, 6.45) is 3.91. The van der Waals surface area contributed by atoms with Crippen LogP contribution in [-0.2, 0) is 9.47 Å². The summed E-state index contributed by atoms with van der Waals surface area (Å²) in [5, 5.41) is 0. The van der Waals surface area contributed by atoms with E-state index in [9.17, 15) is 0 Å². The minimum atomic E-state index is -0.426. The lowest BCUT2D eigenvalue weighted by molar-refractivity contribution is -0.139. The predicted octanol–water partition coefficient (Wildman–Crippen LogP) is 3.01. The van der Waals surface area contributed by atoms with Gasteiger partial charge in [0.1, 0.15) is 5.75 Å². The fraction of sp³-hybridized carbons (Fsp3) is 0.667. The molecule has 1 fully saturated rings. The number of nitrogens with zero attached hydrogens (tertiary/aromatic N) is 1. The molecule has 4 nitrogen and oxygen atoms in total. The lowest BCUT2D eigenvalue weighted by atomic mass is 10.2. The number of rotatable bonds is 5. The first kappa shape index (κ1) is 14.3. The summed E-state index contributed by atoms with van der Waals surface area (Å²) >= 11 is 0. The zero-order chi connectivity index (χ0) is 13.9. The Morgan fingerprint density at radius 2 is 2.21 bits per heavy atom. The molecule has 0 N–H and O–H groups in total. The summed E-state index contributed by atoms with van der Waals surface area (Å²) < 4.78 is 17.1. The molecule has 4 heteroatoms. The third kappa shape index (κ3) is 3.91. The second-order valence-electron chi connectivity index (χ2n) is 5.46. The molecular weight excluding hydrogens is 242 g/mol. The topological polar surface area (TPSA) is 40.6 Å². The molecule has 0 aromatic carbocycles. The Labute approximate surface area is 115 Å². The van der Waals surface area contributed by atoms with E-state index in [0.29, 0.717) is 13.2 Å². The van der Waals surface area contributed by atoms with Crippen LogP contribution in [0.2, 0.25) is 0 Å². The van der Waals surface area contributed by atoms with Crippen molar-refractivity contribution in [2.75, 3.05) is 13.2 Å². The molecule has 0 aliphatic carbocycles. The molecule has 1 saturated heterocycles. The summed E-state index contributed by atoms with van der Waals surface area (Å²) in [6, 6.07) is 1.92. The first-order chi connectivity index (χ1) is 8.98. The molecule has 1 aliphatic heterocycles. The third-order valence-electron chi connectivity index (χ3n) is 3.40. The SMILES string of the molecule is Cc1nccc(OCCCC2COC(C)(C)O2)c1C. The molecule has 1 aromatic heterocycles. The molecule has 1 atom stereocenters. The van der Waals surface area contributed by atoms with Gasteiger partial charge in [-0.15, -0.1) is 0 Å². The number of ether oxygens (including phenoxy) is 3. The molecule has 0 spiro atoms. The molecule has 19 heavy (non-hydrogen) atoms. The summed E-state index contributed by atoms with van der Waals surface area (Å²) in [5.74, 6) is 0.501. The van der Waals surface area contributed by atoms with Gasteiger partial charge in [0.25, 0.3) is 0 Å². The van der Waals surface area contributed by atoms with Gasteiger partial charge >= 0.3 is 0 Å². The van der Waals surface area contributed by atoms with E-state index in [1.165, 1.54) is 0 Å². The van der Waals surface area contributed by atoms with Gasteiger partial charge in [-0.05, 0) is 46.6 Å². The van der Waals surface area contributed by atoms with Gasteiger partial charge in [-0.1, -0.05) is 0 Å². The quantitative estimate of drug-likeness (QED) is 0.767. The van der Waals surface area contributed by atoms with E-state index in [2.05, 4.69) is 4.98 Å². The molecule has 1 unspecified atom stereocenters. The Balaban J connectivity index is 1.71. The maximum absolute atomic E-state index is 5.79. The van der Waals surface area contributed by atoms with Gasteiger partial charge in [0, 0.05) is 17.5 Å². The van der Waals surface area contributed by atoms with Gasteiger partial charge in [0.05, 0.1) is 19.3 Å². The zero-order valence-corrected chi connectivity index (χ0v) is 12.2. The van der Waals surface area contributed by atoms with Gasteiger partial charge in [0.2, 0.25) is 0 Å². The fourth-order valence-corrected chi connectivity index (χ4v) is 2.17. The van der Waals surface area contributed by atoms with Gasteiger partial charge < -0.3 is 14.2 Å². The Kier molecular flexibility index (Phi) is 4.42. The highest BCUT2D eigenvalue weighted by Crippen LogP contribution is 2.25. The number of hydrogen-bond donors (Lipinski definition) is 0. The van der Waals surface area contributed by atoms with Crippen LogP contribution < -0.4 is 4.74 Å². The Morgan fingerprint density at radius 3 is 2.89 bits per heavy atom. The standard InChI is InChI=1S/C15H23NO3/c1-11-12(2)16-8-7-14(11)17-9-5-6-13-10-18-15(3,4)19-13/h7-8,13H,5-6,9-10H2,1-4H3. The van der Waals surface area contributed by atoms with Crippen molar-refractivity contribution in [1.82, 2.24) is 4.98 Å². The van der Waals surface area contributed by atoms with Crippen LogP contribution >= 0.6 is 0 Å². The summed E-state index contributed by atoms with van der Waals surface area (Å²) in [6.45, 7) is 9.31. The number of hydrogen-bond acceptors (Lipinski definition) is 4. The van der Waals surface area contributed by atoms with Crippen molar-refractivity contribution in [3.63, 3.8) is 0 Å². The van der Waals surface area contributed by atoms with E-state index in [-0.39, 0.29) is 6.10 Å². The number of aryl methyl sites for hydroxylation is 1. The van der Waals surface area contributed by atoms with Gasteiger partial charge in [-0.3, -0.25) is 4.98 Å². The molecule has 2 heterocycles. The highest BCUT2D eigenvalue weighted by atomic mass is 16.7. The minimum Gasteiger partial charge on any atom is -0.493 e. The maximum Gasteiger partial charge on any atom is 0.163 e. The van der Waals surface area contributed by atoms with Gasteiger partial charge in [-0.2, -0.15) is 0 Å². The highest BCUT2D eigenvalue weighted by Gasteiger charge is 2.31. The summed E-state index contributed by atoms with van der Waals surface area (Å²) in [5.41, 5.74) is 2.14. The van der Waals surface area contributed by atoms with Gasteiger partial charge in [-0.25, -0.2) is 0 Å². The van der Waals surface area contributed by atoms with Crippen LogP contribution in [0.3, 0.4) is 0 Å². The Hall–Kier alpha value is -1.13. The normalized spacial score (nSPS) is 21.6. The van der Waals surface area contributed by atoms with Crippen LogP contribution in [0.5, 0.6) is 5.75 Å². The van der Waals surface area contributed by atoms with Crippen LogP contribution in [0.25, 0.3) is 0 Å². The smallest absolute Gasteiger partial charge is 0.163 e. The Bertz CT molecular complexity index is 431. The molecular formula is C15H23NO3. The monoisotopic (exact) mass is 265 g/mol. The largest absolute Gasteiger partial charge is 0.493 e. The second kappa shape index (κ2) is 5.88. The zero-order valence-electron chi connectivity index (χ0n) is 12.2. The second-order valence-corrected chi connectivity index (χ2v) is 5.46. The Morgan fingerprint density at radius 1 is 1.42 bits per heavy atom. The molecule has 2 rings (SSSR count). The van der Waals surface area contributed by atoms with E-state index in [1.54, 1.807) is 6.20 Å². The predicted molar refractivity (Wildman–Crippen MR) is 73.3 cm³/mol. The summed E-state index contributed by atoms with van der Waals surface area (Å²) in [7, 11) is 0. The van der Waals surface area contributed by atoms with Crippen LogP contribution in [0.1, 0.15) is 37.9 Å². The van der Waals surface area contributed by atoms with Crippen LogP contribution in [0, 0.1) is 13.8 Å². The molecule has 0 amide bonds. The molecule has 0 bridgehead atoms. The summed E-state index contributed by atoms with van der Waals surface area (Å²) in [4.78, 5) is 4.23. The van der Waals surface area contributed by atoms with Crippen LogP contribution in [-0.4, -0.2) is 30.1 Å². The first-order valence-corrected chi connectivity index (χ1v) is 6.85. The molecule has 106 valence electrons.